The van der Waals surface area contributed by atoms with E-state index in [1.807, 2.05) is 42.5 Å². The van der Waals surface area contributed by atoms with E-state index in [2.05, 4.69) is 0 Å². The Morgan fingerprint density at radius 2 is 1.33 bits per heavy atom. The predicted octanol–water partition coefficient (Wildman–Crippen LogP) is 5.81. The maximum Gasteiger partial charge on any atom is 0.315 e. The molecule has 0 unspecified atom stereocenters. The number of hydrogen-bond acceptors (Lipinski definition) is 2. The predicted molar refractivity (Wildman–Crippen MR) is 97.7 cm³/mol. The molecular formula is C20H14Cl2O2. The third kappa shape index (κ3) is 3.97. The van der Waals surface area contributed by atoms with Gasteiger partial charge in [-0.25, -0.2) is 0 Å². The molecule has 0 saturated heterocycles. The molecule has 0 bridgehead atoms. The number of ether oxygens (including phenoxy) is 1. The molecule has 0 aromatic heterocycles. The van der Waals surface area contributed by atoms with Gasteiger partial charge in [-0.05, 0) is 35.4 Å². The van der Waals surface area contributed by atoms with Crippen molar-refractivity contribution in [3.05, 3.63) is 88.4 Å². The van der Waals surface area contributed by atoms with E-state index in [4.69, 9.17) is 27.9 Å². The number of hydrogen-bond donors (Lipinski definition) is 0. The molecule has 3 aromatic carbocycles. The zero-order chi connectivity index (χ0) is 16.9. The molecule has 120 valence electrons. The molecule has 0 aliphatic carbocycles. The molecule has 0 radical (unpaired) electrons. The van der Waals surface area contributed by atoms with Crippen molar-refractivity contribution < 1.29 is 9.53 Å². The smallest absolute Gasteiger partial charge is 0.315 e. The fourth-order valence-corrected chi connectivity index (χ4v) is 2.89. The Labute approximate surface area is 150 Å². The SMILES string of the molecule is O=C(Cc1c(Cl)cccc1Cl)Oc1ccc(-c2ccccc2)cc1. The van der Waals surface area contributed by atoms with Crippen LogP contribution in [0.15, 0.2) is 72.8 Å². The number of esters is 1. The van der Waals surface area contributed by atoms with Gasteiger partial charge in [0, 0.05) is 15.6 Å². The summed E-state index contributed by atoms with van der Waals surface area (Å²) in [6, 6.07) is 22.5. The topological polar surface area (TPSA) is 26.3 Å². The number of carbonyl (C=O) groups is 1. The quantitative estimate of drug-likeness (QED) is 0.435. The van der Waals surface area contributed by atoms with Crippen molar-refractivity contribution in [2.75, 3.05) is 0 Å². The summed E-state index contributed by atoms with van der Waals surface area (Å²) in [6.45, 7) is 0. The van der Waals surface area contributed by atoms with E-state index in [-0.39, 0.29) is 6.42 Å². The number of rotatable bonds is 4. The van der Waals surface area contributed by atoms with Crippen LogP contribution in [-0.4, -0.2) is 5.97 Å². The summed E-state index contributed by atoms with van der Waals surface area (Å²) < 4.78 is 5.36. The Kier molecular flexibility index (Phi) is 5.19. The lowest BCUT2D eigenvalue weighted by molar-refractivity contribution is -0.133. The maximum atomic E-state index is 12.1. The first kappa shape index (κ1) is 16.6. The summed E-state index contributed by atoms with van der Waals surface area (Å²) in [6.07, 6.45) is 0.0267. The van der Waals surface area contributed by atoms with E-state index in [1.54, 1.807) is 30.3 Å². The van der Waals surface area contributed by atoms with Crippen molar-refractivity contribution in [1.29, 1.82) is 0 Å². The van der Waals surface area contributed by atoms with E-state index in [9.17, 15) is 4.79 Å². The van der Waals surface area contributed by atoms with Gasteiger partial charge in [-0.2, -0.15) is 0 Å². The highest BCUT2D eigenvalue weighted by molar-refractivity contribution is 6.36. The molecule has 0 aliphatic rings. The fourth-order valence-electron chi connectivity index (χ4n) is 2.36. The number of benzene rings is 3. The first-order valence-electron chi connectivity index (χ1n) is 7.42. The lowest BCUT2D eigenvalue weighted by Crippen LogP contribution is -2.11. The molecule has 4 heteroatoms. The van der Waals surface area contributed by atoms with Gasteiger partial charge in [-0.15, -0.1) is 0 Å². The van der Waals surface area contributed by atoms with Crippen LogP contribution < -0.4 is 4.74 Å². The van der Waals surface area contributed by atoms with E-state index < -0.39 is 5.97 Å². The van der Waals surface area contributed by atoms with E-state index in [0.29, 0.717) is 21.4 Å². The van der Waals surface area contributed by atoms with Crippen LogP contribution in [0.1, 0.15) is 5.56 Å². The molecule has 0 saturated carbocycles. The first-order valence-corrected chi connectivity index (χ1v) is 8.18. The Bertz CT molecular complexity index is 823. The Morgan fingerprint density at radius 3 is 1.96 bits per heavy atom. The Morgan fingerprint density at radius 1 is 0.750 bits per heavy atom. The van der Waals surface area contributed by atoms with Gasteiger partial charge in [0.2, 0.25) is 0 Å². The summed E-state index contributed by atoms with van der Waals surface area (Å²) in [5.41, 5.74) is 2.74. The molecule has 0 N–H and O–H groups in total. The third-order valence-electron chi connectivity index (χ3n) is 3.58. The van der Waals surface area contributed by atoms with E-state index >= 15 is 0 Å². The van der Waals surface area contributed by atoms with Gasteiger partial charge < -0.3 is 4.74 Å². The van der Waals surface area contributed by atoms with Gasteiger partial charge >= 0.3 is 5.97 Å². The number of carbonyl (C=O) groups excluding carboxylic acids is 1. The maximum absolute atomic E-state index is 12.1. The lowest BCUT2D eigenvalue weighted by Gasteiger charge is -2.08. The molecule has 3 aromatic rings. The monoisotopic (exact) mass is 356 g/mol. The largest absolute Gasteiger partial charge is 0.426 e. The second-order valence-electron chi connectivity index (χ2n) is 5.24. The lowest BCUT2D eigenvalue weighted by atomic mass is 10.1. The number of halogens is 2. The van der Waals surface area contributed by atoms with Crippen molar-refractivity contribution >= 4 is 29.2 Å². The van der Waals surface area contributed by atoms with Crippen LogP contribution >= 0.6 is 23.2 Å². The minimum Gasteiger partial charge on any atom is -0.426 e. The van der Waals surface area contributed by atoms with Gasteiger partial charge in [-0.1, -0.05) is 71.7 Å². The highest BCUT2D eigenvalue weighted by Gasteiger charge is 2.12. The summed E-state index contributed by atoms with van der Waals surface area (Å²) in [5, 5.41) is 0.915. The van der Waals surface area contributed by atoms with Gasteiger partial charge in [0.05, 0.1) is 6.42 Å². The summed E-state index contributed by atoms with van der Waals surface area (Å²) >= 11 is 12.1. The average Bonchev–Trinajstić information content (AvgIpc) is 2.60. The fraction of sp³-hybridized carbons (Fsp3) is 0.0500. The van der Waals surface area contributed by atoms with Crippen LogP contribution in [0, 0.1) is 0 Å². The molecule has 24 heavy (non-hydrogen) atoms. The van der Waals surface area contributed by atoms with Crippen molar-refractivity contribution in [3.8, 4) is 16.9 Å². The van der Waals surface area contributed by atoms with Crippen molar-refractivity contribution in [3.63, 3.8) is 0 Å². The average molecular weight is 357 g/mol. The molecule has 0 spiro atoms. The molecule has 0 atom stereocenters. The minimum atomic E-state index is -0.405. The van der Waals surface area contributed by atoms with Crippen molar-refractivity contribution in [2.24, 2.45) is 0 Å². The van der Waals surface area contributed by atoms with Crippen molar-refractivity contribution in [1.82, 2.24) is 0 Å². The zero-order valence-corrected chi connectivity index (χ0v) is 14.2. The van der Waals surface area contributed by atoms with Crippen LogP contribution in [0.25, 0.3) is 11.1 Å². The standard InChI is InChI=1S/C20H14Cl2O2/c21-18-7-4-8-19(22)17(18)13-20(23)24-16-11-9-15(10-12-16)14-5-2-1-3-6-14/h1-12H,13H2. The molecule has 2 nitrogen and oxygen atoms in total. The molecule has 0 heterocycles. The zero-order valence-electron chi connectivity index (χ0n) is 12.7. The van der Waals surface area contributed by atoms with Gasteiger partial charge in [-0.3, -0.25) is 4.79 Å². The Balaban J connectivity index is 1.69. The molecule has 0 amide bonds. The molecular weight excluding hydrogens is 343 g/mol. The Hall–Kier alpha value is -2.29. The van der Waals surface area contributed by atoms with Crippen LogP contribution in [0.5, 0.6) is 5.75 Å². The van der Waals surface area contributed by atoms with E-state index in [0.717, 1.165) is 11.1 Å². The van der Waals surface area contributed by atoms with Gasteiger partial charge in [0.15, 0.2) is 0 Å². The highest BCUT2D eigenvalue weighted by atomic mass is 35.5. The normalized spacial score (nSPS) is 10.4. The van der Waals surface area contributed by atoms with Gasteiger partial charge in [0.25, 0.3) is 0 Å². The van der Waals surface area contributed by atoms with E-state index in [1.165, 1.54) is 0 Å². The second kappa shape index (κ2) is 7.52. The minimum absolute atomic E-state index is 0.0267. The molecule has 0 fully saturated rings. The van der Waals surface area contributed by atoms with Gasteiger partial charge in [0.1, 0.15) is 5.75 Å². The van der Waals surface area contributed by atoms with Crippen molar-refractivity contribution in [2.45, 2.75) is 6.42 Å². The summed E-state index contributed by atoms with van der Waals surface area (Å²) in [7, 11) is 0. The molecule has 0 aliphatic heterocycles. The van der Waals surface area contributed by atoms with Crippen LogP contribution in [0.3, 0.4) is 0 Å². The molecule has 3 rings (SSSR count). The second-order valence-corrected chi connectivity index (χ2v) is 6.06. The van der Waals surface area contributed by atoms with Crippen LogP contribution in [-0.2, 0) is 11.2 Å². The third-order valence-corrected chi connectivity index (χ3v) is 4.28. The summed E-state index contributed by atoms with van der Waals surface area (Å²) in [5.74, 6) is 0.0836. The van der Waals surface area contributed by atoms with Crippen LogP contribution in [0.2, 0.25) is 10.0 Å². The summed E-state index contributed by atoms with van der Waals surface area (Å²) in [4.78, 5) is 12.1. The first-order chi connectivity index (χ1) is 11.6. The highest BCUT2D eigenvalue weighted by Crippen LogP contribution is 2.26. The van der Waals surface area contributed by atoms with Crippen LogP contribution in [0.4, 0.5) is 0 Å².